The molecule has 0 aliphatic carbocycles. The van der Waals surface area contributed by atoms with Gasteiger partial charge in [-0.3, -0.25) is 4.98 Å². The summed E-state index contributed by atoms with van der Waals surface area (Å²) in [5, 5.41) is 17.6. The maximum atomic E-state index is 5.29. The van der Waals surface area contributed by atoms with E-state index in [-0.39, 0.29) is 0 Å². The molecule has 192 valence electrons. The first kappa shape index (κ1) is 22.1. The Morgan fingerprint density at radius 3 is 1.57 bits per heavy atom. The highest BCUT2D eigenvalue weighted by atomic mass is 14.8. The molecule has 0 radical (unpaired) electrons. The molecule has 0 aliphatic rings. The van der Waals surface area contributed by atoms with Gasteiger partial charge in [-0.1, -0.05) is 109 Å². The number of rotatable bonds is 1. The minimum atomic E-state index is 0.940. The standard InChI is InChI=1S/C40H22N2/c1-6-23-15-16-24-7-2-11-30-31-13-4-14-32-33(34-20-19-26-18-17-25-9-5-21-41-39(25)40(26)42-34)22-27-8-3-12-29(37(27)38(31)32)28(10-1)35(23)36(24)30/h1-22H. The predicted octanol–water partition coefficient (Wildman–Crippen LogP) is 10.8. The number of hydrogen-bond donors (Lipinski definition) is 0. The summed E-state index contributed by atoms with van der Waals surface area (Å²) in [5.41, 5.74) is 3.99. The Bertz CT molecular complexity index is 2740. The molecular formula is C40H22N2. The molecule has 2 nitrogen and oxygen atoms in total. The van der Waals surface area contributed by atoms with Crippen molar-refractivity contribution in [1.29, 1.82) is 0 Å². The van der Waals surface area contributed by atoms with Crippen LogP contribution in [-0.2, 0) is 0 Å². The molecule has 10 aromatic rings. The van der Waals surface area contributed by atoms with Crippen molar-refractivity contribution in [3.8, 4) is 11.3 Å². The molecule has 0 saturated heterocycles. The van der Waals surface area contributed by atoms with Gasteiger partial charge in [-0.25, -0.2) is 4.98 Å². The van der Waals surface area contributed by atoms with Gasteiger partial charge < -0.3 is 0 Å². The van der Waals surface area contributed by atoms with Crippen LogP contribution < -0.4 is 0 Å². The first-order chi connectivity index (χ1) is 20.8. The summed E-state index contributed by atoms with van der Waals surface area (Å²) < 4.78 is 0. The monoisotopic (exact) mass is 530 g/mol. The highest BCUT2D eigenvalue weighted by Crippen LogP contribution is 2.45. The molecule has 8 aromatic carbocycles. The zero-order valence-corrected chi connectivity index (χ0v) is 22.6. The van der Waals surface area contributed by atoms with Crippen molar-refractivity contribution < 1.29 is 0 Å². The van der Waals surface area contributed by atoms with E-state index in [4.69, 9.17) is 9.97 Å². The second kappa shape index (κ2) is 7.99. The topological polar surface area (TPSA) is 25.8 Å². The van der Waals surface area contributed by atoms with E-state index in [2.05, 4.69) is 121 Å². The molecule has 2 aromatic heterocycles. The average molecular weight is 531 g/mol. The number of fused-ring (bicyclic) bond motifs is 5. The Morgan fingerprint density at radius 1 is 0.357 bits per heavy atom. The molecule has 0 fully saturated rings. The number of nitrogens with zero attached hydrogens (tertiary/aromatic N) is 2. The van der Waals surface area contributed by atoms with E-state index in [0.29, 0.717) is 0 Å². The average Bonchev–Trinajstić information content (AvgIpc) is 3.05. The molecule has 2 heterocycles. The maximum absolute atomic E-state index is 5.29. The number of benzene rings is 7. The van der Waals surface area contributed by atoms with Gasteiger partial charge in [0.2, 0.25) is 0 Å². The molecule has 2 heteroatoms. The number of aromatic nitrogens is 2. The molecule has 0 amide bonds. The molecule has 0 saturated carbocycles. The molecule has 10 rings (SSSR count). The number of hydrogen-bond acceptors (Lipinski definition) is 2. The molecule has 0 unspecified atom stereocenters. The summed E-state index contributed by atoms with van der Waals surface area (Å²) in [6.45, 7) is 0. The van der Waals surface area contributed by atoms with E-state index < -0.39 is 0 Å². The zero-order valence-electron chi connectivity index (χ0n) is 22.6. The van der Waals surface area contributed by atoms with E-state index in [0.717, 1.165) is 33.1 Å². The largest absolute Gasteiger partial charge is 0.254 e. The third kappa shape index (κ3) is 2.83. The maximum Gasteiger partial charge on any atom is 0.0972 e. The summed E-state index contributed by atoms with van der Waals surface area (Å²) in [4.78, 5) is 10.00. The Hall–Kier alpha value is -5.60. The fourth-order valence-corrected chi connectivity index (χ4v) is 7.39. The third-order valence-electron chi connectivity index (χ3n) is 9.18. The summed E-state index contributed by atoms with van der Waals surface area (Å²) in [7, 11) is 0. The number of pyridine rings is 2. The van der Waals surface area contributed by atoms with Gasteiger partial charge in [0.15, 0.2) is 0 Å². The molecule has 0 spiro atoms. The van der Waals surface area contributed by atoms with Crippen molar-refractivity contribution in [1.82, 2.24) is 9.97 Å². The minimum absolute atomic E-state index is 0.940. The van der Waals surface area contributed by atoms with E-state index in [1.807, 2.05) is 12.3 Å². The normalized spacial score (nSPS) is 12.3. The van der Waals surface area contributed by atoms with Crippen LogP contribution in [0.25, 0.3) is 97.7 Å². The van der Waals surface area contributed by atoms with Crippen LogP contribution in [0.4, 0.5) is 0 Å². The highest BCUT2D eigenvalue weighted by molar-refractivity contribution is 6.37. The van der Waals surface area contributed by atoms with Crippen LogP contribution in [0.2, 0.25) is 0 Å². The second-order valence-corrected chi connectivity index (χ2v) is 11.3. The van der Waals surface area contributed by atoms with Crippen molar-refractivity contribution >= 4 is 86.4 Å². The summed E-state index contributed by atoms with van der Waals surface area (Å²) in [5.74, 6) is 0. The lowest BCUT2D eigenvalue weighted by Crippen LogP contribution is -1.92. The second-order valence-electron chi connectivity index (χ2n) is 11.3. The van der Waals surface area contributed by atoms with Crippen molar-refractivity contribution in [3.05, 3.63) is 134 Å². The van der Waals surface area contributed by atoms with E-state index >= 15 is 0 Å². The van der Waals surface area contributed by atoms with Crippen LogP contribution in [0.3, 0.4) is 0 Å². The highest BCUT2D eigenvalue weighted by Gasteiger charge is 2.18. The van der Waals surface area contributed by atoms with Gasteiger partial charge in [0, 0.05) is 22.5 Å². The molecule has 0 atom stereocenters. The third-order valence-corrected chi connectivity index (χ3v) is 9.18. The van der Waals surface area contributed by atoms with Gasteiger partial charge in [-0.2, -0.15) is 0 Å². The van der Waals surface area contributed by atoms with Crippen LogP contribution >= 0.6 is 0 Å². The quantitative estimate of drug-likeness (QED) is 0.197. The van der Waals surface area contributed by atoms with Gasteiger partial charge in [0.1, 0.15) is 0 Å². The summed E-state index contributed by atoms with van der Waals surface area (Å²) in [6, 6.07) is 46.6. The van der Waals surface area contributed by atoms with Crippen molar-refractivity contribution in [2.75, 3.05) is 0 Å². The van der Waals surface area contributed by atoms with Crippen molar-refractivity contribution in [2.45, 2.75) is 0 Å². The Balaban J connectivity index is 1.46. The van der Waals surface area contributed by atoms with Crippen LogP contribution in [0.5, 0.6) is 0 Å². The Kier molecular flexibility index (Phi) is 4.21. The Morgan fingerprint density at radius 2 is 0.857 bits per heavy atom. The fraction of sp³-hybridized carbons (Fsp3) is 0. The lowest BCUT2D eigenvalue weighted by molar-refractivity contribution is 1.37. The molecule has 0 aliphatic heterocycles. The van der Waals surface area contributed by atoms with Gasteiger partial charge in [0.25, 0.3) is 0 Å². The van der Waals surface area contributed by atoms with E-state index in [1.165, 1.54) is 64.6 Å². The SMILES string of the molecule is c1cnc2c(c1)ccc1ccc(-c3cc4cccc5c6cccc7ccc8cccc(c9cccc3c9c45)c8c76)nc12. The fourth-order valence-electron chi connectivity index (χ4n) is 7.39. The molecule has 0 N–H and O–H groups in total. The van der Waals surface area contributed by atoms with Gasteiger partial charge in [-0.05, 0) is 82.8 Å². The first-order valence-corrected chi connectivity index (χ1v) is 14.4. The lowest BCUT2D eigenvalue weighted by atomic mass is 9.86. The van der Waals surface area contributed by atoms with Crippen LogP contribution in [0, 0.1) is 0 Å². The minimum Gasteiger partial charge on any atom is -0.254 e. The molecule has 42 heavy (non-hydrogen) atoms. The molecular weight excluding hydrogens is 508 g/mol. The van der Waals surface area contributed by atoms with Gasteiger partial charge >= 0.3 is 0 Å². The van der Waals surface area contributed by atoms with E-state index in [9.17, 15) is 0 Å². The van der Waals surface area contributed by atoms with Crippen LogP contribution in [0.1, 0.15) is 0 Å². The first-order valence-electron chi connectivity index (χ1n) is 14.4. The zero-order chi connectivity index (χ0) is 27.4. The Labute approximate surface area is 240 Å². The summed E-state index contributed by atoms with van der Waals surface area (Å²) >= 11 is 0. The van der Waals surface area contributed by atoms with Gasteiger partial charge in [0.05, 0.1) is 16.7 Å². The lowest BCUT2D eigenvalue weighted by Gasteiger charge is -2.18. The van der Waals surface area contributed by atoms with Gasteiger partial charge in [-0.15, -0.1) is 0 Å². The van der Waals surface area contributed by atoms with Crippen molar-refractivity contribution in [2.24, 2.45) is 0 Å². The molecule has 0 bridgehead atoms. The van der Waals surface area contributed by atoms with Crippen LogP contribution in [-0.4, -0.2) is 9.97 Å². The van der Waals surface area contributed by atoms with E-state index in [1.54, 1.807) is 0 Å². The van der Waals surface area contributed by atoms with Crippen LogP contribution in [0.15, 0.2) is 134 Å². The van der Waals surface area contributed by atoms with Crippen molar-refractivity contribution in [3.63, 3.8) is 0 Å². The predicted molar refractivity (Wildman–Crippen MR) is 179 cm³/mol. The smallest absolute Gasteiger partial charge is 0.0972 e. The summed E-state index contributed by atoms with van der Waals surface area (Å²) in [6.07, 6.45) is 1.85.